The first-order chi connectivity index (χ1) is 12.7. The fourth-order valence-electron chi connectivity index (χ4n) is 2.55. The predicted molar refractivity (Wildman–Crippen MR) is 106 cm³/mol. The minimum absolute atomic E-state index is 0.537. The normalized spacial score (nSPS) is 15.2. The average Bonchev–Trinajstić information content (AvgIpc) is 2.70. The number of rotatable bonds is 8. The zero-order valence-electron chi connectivity index (χ0n) is 15.2. The summed E-state index contributed by atoms with van der Waals surface area (Å²) in [7, 11) is 3.14. The maximum atomic E-state index is 11.0. The first kappa shape index (κ1) is 19.4. The van der Waals surface area contributed by atoms with E-state index in [9.17, 15) is 4.79 Å². The lowest BCUT2D eigenvalue weighted by molar-refractivity contribution is -0.104. The van der Waals surface area contributed by atoms with Gasteiger partial charge in [0, 0.05) is 24.4 Å². The van der Waals surface area contributed by atoms with Crippen molar-refractivity contribution in [2.24, 2.45) is 4.99 Å². The Morgan fingerprint density at radius 3 is 2.73 bits per heavy atom. The van der Waals surface area contributed by atoms with Gasteiger partial charge in [0.25, 0.3) is 0 Å². The van der Waals surface area contributed by atoms with Crippen LogP contribution in [0.3, 0.4) is 0 Å². The predicted octanol–water partition coefficient (Wildman–Crippen LogP) is 3.35. The van der Waals surface area contributed by atoms with E-state index < -0.39 is 0 Å². The molecule has 1 aromatic rings. The SMILES string of the molecule is C=C(\C=C/C=N/C(=C\C=O)c1ccc(OC)c(OC)c1)C1=CCCNC1. The first-order valence-corrected chi connectivity index (χ1v) is 8.37. The summed E-state index contributed by atoms with van der Waals surface area (Å²) in [5.74, 6) is 1.20. The summed E-state index contributed by atoms with van der Waals surface area (Å²) < 4.78 is 10.5. The fraction of sp³-hybridized carbons (Fsp3) is 0.238. The van der Waals surface area contributed by atoms with Crippen LogP contribution >= 0.6 is 0 Å². The van der Waals surface area contributed by atoms with Crippen molar-refractivity contribution in [3.8, 4) is 11.5 Å². The smallest absolute Gasteiger partial charge is 0.161 e. The molecule has 1 aliphatic rings. The topological polar surface area (TPSA) is 59.9 Å². The van der Waals surface area contributed by atoms with Gasteiger partial charge in [-0.3, -0.25) is 9.79 Å². The summed E-state index contributed by atoms with van der Waals surface area (Å²) >= 11 is 0. The highest BCUT2D eigenvalue weighted by molar-refractivity contribution is 5.87. The second-order valence-corrected chi connectivity index (χ2v) is 5.62. The van der Waals surface area contributed by atoms with Crippen molar-refractivity contribution in [2.75, 3.05) is 27.3 Å². The number of allylic oxidation sites excluding steroid dienone is 3. The molecule has 5 nitrogen and oxygen atoms in total. The van der Waals surface area contributed by atoms with Gasteiger partial charge in [-0.2, -0.15) is 0 Å². The Balaban J connectivity index is 2.13. The molecule has 0 spiro atoms. The third kappa shape index (κ3) is 5.29. The third-order valence-electron chi connectivity index (χ3n) is 3.94. The van der Waals surface area contributed by atoms with E-state index >= 15 is 0 Å². The van der Waals surface area contributed by atoms with E-state index in [4.69, 9.17) is 9.47 Å². The summed E-state index contributed by atoms with van der Waals surface area (Å²) in [5, 5.41) is 3.32. The Kier molecular flexibility index (Phi) is 7.58. The molecule has 0 saturated heterocycles. The number of aldehydes is 1. The maximum Gasteiger partial charge on any atom is 0.161 e. The van der Waals surface area contributed by atoms with Crippen molar-refractivity contribution in [3.63, 3.8) is 0 Å². The van der Waals surface area contributed by atoms with Gasteiger partial charge in [-0.05, 0) is 48.4 Å². The fourth-order valence-corrected chi connectivity index (χ4v) is 2.55. The Labute approximate surface area is 154 Å². The van der Waals surface area contributed by atoms with E-state index in [0.29, 0.717) is 23.5 Å². The Morgan fingerprint density at radius 2 is 2.08 bits per heavy atom. The average molecular weight is 352 g/mol. The van der Waals surface area contributed by atoms with Gasteiger partial charge in [0.2, 0.25) is 0 Å². The summed E-state index contributed by atoms with van der Waals surface area (Å²) in [6, 6.07) is 5.39. The van der Waals surface area contributed by atoms with Gasteiger partial charge in [0.05, 0.1) is 19.9 Å². The molecule has 0 aliphatic carbocycles. The summed E-state index contributed by atoms with van der Waals surface area (Å²) in [6.45, 7) is 5.92. The van der Waals surface area contributed by atoms with E-state index in [-0.39, 0.29) is 0 Å². The van der Waals surface area contributed by atoms with Crippen LogP contribution < -0.4 is 14.8 Å². The van der Waals surface area contributed by atoms with Crippen LogP contribution in [0.2, 0.25) is 0 Å². The molecule has 1 aromatic carbocycles. The summed E-state index contributed by atoms with van der Waals surface area (Å²) in [5.41, 5.74) is 3.45. The second kappa shape index (κ2) is 10.2. The molecule has 0 saturated carbocycles. The number of carbonyl (C=O) groups excluding carboxylic acids is 1. The van der Waals surface area contributed by atoms with Crippen LogP contribution in [0.15, 0.2) is 65.2 Å². The molecule has 1 N–H and O–H groups in total. The third-order valence-corrected chi connectivity index (χ3v) is 3.94. The van der Waals surface area contributed by atoms with Crippen LogP contribution in [-0.4, -0.2) is 39.8 Å². The molecule has 0 atom stereocenters. The largest absolute Gasteiger partial charge is 0.493 e. The van der Waals surface area contributed by atoms with Gasteiger partial charge in [0.1, 0.15) is 6.29 Å². The molecule has 1 aliphatic heterocycles. The molecule has 1 heterocycles. The number of hydrogen-bond acceptors (Lipinski definition) is 5. The molecule has 136 valence electrons. The molecule has 0 amide bonds. The number of benzene rings is 1. The quantitative estimate of drug-likeness (QED) is 0.337. The second-order valence-electron chi connectivity index (χ2n) is 5.62. The van der Waals surface area contributed by atoms with E-state index in [1.54, 1.807) is 32.6 Å². The molecule has 0 unspecified atom stereocenters. The molecular weight excluding hydrogens is 328 g/mol. The summed E-state index contributed by atoms with van der Waals surface area (Å²) in [4.78, 5) is 15.3. The van der Waals surface area contributed by atoms with Crippen LogP contribution in [0.25, 0.3) is 5.70 Å². The number of nitrogens with zero attached hydrogens (tertiary/aromatic N) is 1. The molecule has 26 heavy (non-hydrogen) atoms. The first-order valence-electron chi connectivity index (χ1n) is 8.37. The minimum Gasteiger partial charge on any atom is -0.493 e. The monoisotopic (exact) mass is 352 g/mol. The number of aliphatic imine (C=N–C) groups is 1. The van der Waals surface area contributed by atoms with Gasteiger partial charge in [-0.25, -0.2) is 0 Å². The molecule has 0 bridgehead atoms. The van der Waals surface area contributed by atoms with E-state index in [2.05, 4.69) is 23.0 Å². The molecular formula is C21H24N2O3. The standard InChI is InChI=1S/C21H24N2O3/c1-16(18-7-5-11-22-15-18)6-4-12-23-19(10-13-24)17-8-9-20(25-2)21(14-17)26-3/h4,6-10,12-14,22H,1,5,11,15H2,2-3H3/b6-4-,19-10-,23-12+. The highest BCUT2D eigenvalue weighted by atomic mass is 16.5. The van der Waals surface area contributed by atoms with Crippen molar-refractivity contribution >= 4 is 18.2 Å². The Hall–Kier alpha value is -2.92. The number of hydrogen-bond donors (Lipinski definition) is 1. The zero-order valence-corrected chi connectivity index (χ0v) is 15.2. The highest BCUT2D eigenvalue weighted by Crippen LogP contribution is 2.30. The Bertz CT molecular complexity index is 773. The minimum atomic E-state index is 0.537. The molecule has 0 radical (unpaired) electrons. The van der Waals surface area contributed by atoms with Crippen molar-refractivity contribution in [2.45, 2.75) is 6.42 Å². The Morgan fingerprint density at radius 1 is 1.27 bits per heavy atom. The molecule has 2 rings (SSSR count). The molecule has 5 heteroatoms. The van der Waals surface area contributed by atoms with E-state index in [0.717, 1.165) is 30.6 Å². The number of ether oxygens (including phenoxy) is 2. The van der Waals surface area contributed by atoms with Gasteiger partial charge in [-0.1, -0.05) is 18.7 Å². The van der Waals surface area contributed by atoms with E-state index in [1.165, 1.54) is 11.6 Å². The lowest BCUT2D eigenvalue weighted by Gasteiger charge is -2.13. The van der Waals surface area contributed by atoms with E-state index in [1.807, 2.05) is 18.2 Å². The van der Waals surface area contributed by atoms with Crippen LogP contribution in [0.1, 0.15) is 12.0 Å². The van der Waals surface area contributed by atoms with Gasteiger partial charge in [0.15, 0.2) is 11.5 Å². The highest BCUT2D eigenvalue weighted by Gasteiger charge is 2.07. The van der Waals surface area contributed by atoms with Gasteiger partial charge < -0.3 is 14.8 Å². The maximum absolute atomic E-state index is 11.0. The van der Waals surface area contributed by atoms with Crippen molar-refractivity contribution < 1.29 is 14.3 Å². The van der Waals surface area contributed by atoms with Crippen LogP contribution in [0, 0.1) is 0 Å². The van der Waals surface area contributed by atoms with Crippen molar-refractivity contribution in [1.29, 1.82) is 0 Å². The molecule has 0 fully saturated rings. The van der Waals surface area contributed by atoms with Crippen LogP contribution in [-0.2, 0) is 4.79 Å². The zero-order chi connectivity index (χ0) is 18.8. The lowest BCUT2D eigenvalue weighted by Crippen LogP contribution is -2.22. The van der Waals surface area contributed by atoms with Crippen LogP contribution in [0.4, 0.5) is 0 Å². The number of nitrogens with one attached hydrogen (secondary N) is 1. The van der Waals surface area contributed by atoms with Crippen molar-refractivity contribution in [3.05, 3.63) is 65.8 Å². The van der Waals surface area contributed by atoms with Gasteiger partial charge in [-0.15, -0.1) is 0 Å². The lowest BCUT2D eigenvalue weighted by atomic mass is 10.0. The summed E-state index contributed by atoms with van der Waals surface area (Å²) in [6.07, 6.45) is 10.7. The van der Waals surface area contributed by atoms with Crippen LogP contribution in [0.5, 0.6) is 11.5 Å². The van der Waals surface area contributed by atoms with Crippen molar-refractivity contribution in [1.82, 2.24) is 5.32 Å². The number of carbonyl (C=O) groups is 1. The number of methoxy groups -OCH3 is 2. The van der Waals surface area contributed by atoms with Gasteiger partial charge >= 0.3 is 0 Å². The molecule has 0 aromatic heterocycles.